The van der Waals surface area contributed by atoms with Crippen LogP contribution >= 0.6 is 0 Å². The maximum absolute atomic E-state index is 12.2. The number of nitro benzene ring substituents is 1. The molecule has 1 aromatic carbocycles. The average molecular weight is 328 g/mol. The maximum atomic E-state index is 12.2. The van der Waals surface area contributed by atoms with Gasteiger partial charge in [-0.3, -0.25) is 15.5 Å². The van der Waals surface area contributed by atoms with Crippen molar-refractivity contribution in [1.29, 1.82) is 5.41 Å². The van der Waals surface area contributed by atoms with Crippen LogP contribution in [0.2, 0.25) is 0 Å². The van der Waals surface area contributed by atoms with Gasteiger partial charge in [-0.1, -0.05) is 0 Å². The Balaban J connectivity index is 2.34. The number of rotatable bonds is 4. The standard InChI is InChI=1S/C12H16N4O5S/c1-15(12(13)14)22(19,20)7-9-6-21-5-8-2-3-10(16(17)18)4-11(8)9/h2-4,9H,5-7H2,1H3,(H3,13,14). The molecule has 9 nitrogen and oxygen atoms in total. The van der Waals surface area contributed by atoms with Crippen molar-refractivity contribution in [3.05, 3.63) is 39.4 Å². The van der Waals surface area contributed by atoms with E-state index < -0.39 is 26.8 Å². The highest BCUT2D eigenvalue weighted by molar-refractivity contribution is 7.89. The number of guanidine groups is 1. The summed E-state index contributed by atoms with van der Waals surface area (Å²) in [6, 6.07) is 4.31. The Bertz CT molecular complexity index is 718. The highest BCUT2D eigenvalue weighted by atomic mass is 32.2. The Kier molecular flexibility index (Phi) is 4.33. The summed E-state index contributed by atoms with van der Waals surface area (Å²) in [5.41, 5.74) is 6.41. The summed E-state index contributed by atoms with van der Waals surface area (Å²) in [5, 5.41) is 18.1. The summed E-state index contributed by atoms with van der Waals surface area (Å²) < 4.78 is 30.4. The van der Waals surface area contributed by atoms with Gasteiger partial charge in [0.25, 0.3) is 5.69 Å². The smallest absolute Gasteiger partial charge is 0.269 e. The van der Waals surface area contributed by atoms with Crippen LogP contribution in [0.4, 0.5) is 5.69 Å². The summed E-state index contributed by atoms with van der Waals surface area (Å²) in [6.07, 6.45) is 0. The van der Waals surface area contributed by atoms with Crippen LogP contribution in [0.25, 0.3) is 0 Å². The van der Waals surface area contributed by atoms with Crippen molar-refractivity contribution >= 4 is 21.7 Å². The van der Waals surface area contributed by atoms with Crippen LogP contribution in [-0.4, -0.2) is 43.0 Å². The molecule has 3 N–H and O–H groups in total. The third kappa shape index (κ3) is 3.17. The molecule has 1 aliphatic rings. The number of ether oxygens (including phenoxy) is 1. The van der Waals surface area contributed by atoms with Gasteiger partial charge in [0, 0.05) is 25.1 Å². The number of hydrogen-bond acceptors (Lipinski definition) is 6. The molecule has 1 unspecified atom stereocenters. The molecule has 0 aromatic heterocycles. The number of non-ortho nitro benzene ring substituents is 1. The number of nitrogens with two attached hydrogens (primary N) is 1. The molecule has 0 saturated heterocycles. The van der Waals surface area contributed by atoms with Crippen LogP contribution in [0, 0.1) is 15.5 Å². The first-order valence-electron chi connectivity index (χ1n) is 6.38. The molecule has 0 amide bonds. The second-order valence-corrected chi connectivity index (χ2v) is 7.03. The normalized spacial score (nSPS) is 17.6. The van der Waals surface area contributed by atoms with Gasteiger partial charge >= 0.3 is 0 Å². The van der Waals surface area contributed by atoms with Gasteiger partial charge in [0.2, 0.25) is 16.0 Å². The van der Waals surface area contributed by atoms with Crippen molar-refractivity contribution in [3.63, 3.8) is 0 Å². The molecule has 0 spiro atoms. The van der Waals surface area contributed by atoms with Crippen LogP contribution in [0.15, 0.2) is 18.2 Å². The van der Waals surface area contributed by atoms with Crippen LogP contribution < -0.4 is 5.73 Å². The van der Waals surface area contributed by atoms with Crippen LogP contribution in [0.3, 0.4) is 0 Å². The van der Waals surface area contributed by atoms with E-state index in [0.29, 0.717) is 9.87 Å². The molecular weight excluding hydrogens is 312 g/mol. The van der Waals surface area contributed by atoms with E-state index in [1.54, 1.807) is 6.07 Å². The highest BCUT2D eigenvalue weighted by Gasteiger charge is 2.30. The lowest BCUT2D eigenvalue weighted by Crippen LogP contribution is -2.41. The fourth-order valence-corrected chi connectivity index (χ4v) is 3.57. The molecule has 1 aliphatic heterocycles. The molecule has 1 heterocycles. The lowest BCUT2D eigenvalue weighted by Gasteiger charge is -2.27. The Labute approximate surface area is 127 Å². The molecule has 1 atom stereocenters. The lowest BCUT2D eigenvalue weighted by molar-refractivity contribution is -0.385. The first-order chi connectivity index (χ1) is 10.2. The summed E-state index contributed by atoms with van der Waals surface area (Å²) in [4.78, 5) is 10.4. The van der Waals surface area contributed by atoms with Gasteiger partial charge < -0.3 is 10.5 Å². The molecule has 0 saturated carbocycles. The van der Waals surface area contributed by atoms with E-state index in [4.69, 9.17) is 15.9 Å². The predicted molar refractivity (Wildman–Crippen MR) is 79.0 cm³/mol. The number of nitro groups is 1. The topological polar surface area (TPSA) is 140 Å². The van der Waals surface area contributed by atoms with Gasteiger partial charge in [0.05, 0.1) is 23.9 Å². The number of sulfonamides is 1. The monoisotopic (exact) mass is 328 g/mol. The Morgan fingerprint density at radius 2 is 2.27 bits per heavy atom. The fraction of sp³-hybridized carbons (Fsp3) is 0.417. The Morgan fingerprint density at radius 3 is 2.86 bits per heavy atom. The van der Waals surface area contributed by atoms with Crippen molar-refractivity contribution in [1.82, 2.24) is 4.31 Å². The fourth-order valence-electron chi connectivity index (χ4n) is 2.26. The third-order valence-electron chi connectivity index (χ3n) is 3.53. The molecule has 22 heavy (non-hydrogen) atoms. The summed E-state index contributed by atoms with van der Waals surface area (Å²) in [6.45, 7) is 0.422. The average Bonchev–Trinajstić information content (AvgIpc) is 2.45. The third-order valence-corrected chi connectivity index (χ3v) is 5.38. The summed E-state index contributed by atoms with van der Waals surface area (Å²) in [5.74, 6) is -1.47. The quantitative estimate of drug-likeness (QED) is 0.354. The van der Waals surface area contributed by atoms with Crippen molar-refractivity contribution in [2.45, 2.75) is 12.5 Å². The molecule has 10 heteroatoms. The molecule has 0 fully saturated rings. The Hall–Kier alpha value is -2.20. The zero-order valence-corrected chi connectivity index (χ0v) is 12.7. The van der Waals surface area contributed by atoms with E-state index in [9.17, 15) is 18.5 Å². The van der Waals surface area contributed by atoms with E-state index >= 15 is 0 Å². The maximum Gasteiger partial charge on any atom is 0.269 e. The summed E-state index contributed by atoms with van der Waals surface area (Å²) in [7, 11) is -2.61. The SMILES string of the molecule is CN(C(=N)N)S(=O)(=O)CC1COCc2ccc([N+](=O)[O-])cc21. The molecule has 120 valence electrons. The van der Waals surface area contributed by atoms with Gasteiger partial charge in [0.1, 0.15) is 0 Å². The minimum Gasteiger partial charge on any atom is -0.376 e. The second-order valence-electron chi connectivity index (χ2n) is 4.98. The zero-order chi connectivity index (χ0) is 16.5. The molecule has 2 rings (SSSR count). The van der Waals surface area contributed by atoms with Gasteiger partial charge in [-0.15, -0.1) is 0 Å². The molecule has 0 radical (unpaired) electrons. The number of nitrogens with zero attached hydrogens (tertiary/aromatic N) is 2. The first-order valence-corrected chi connectivity index (χ1v) is 7.99. The van der Waals surface area contributed by atoms with Gasteiger partial charge in [0.15, 0.2) is 0 Å². The van der Waals surface area contributed by atoms with Crippen LogP contribution in [0.1, 0.15) is 17.0 Å². The Morgan fingerprint density at radius 1 is 1.59 bits per heavy atom. The van der Waals surface area contributed by atoms with Crippen molar-refractivity contribution < 1.29 is 18.1 Å². The number of benzene rings is 1. The lowest BCUT2D eigenvalue weighted by atomic mass is 9.94. The minimum atomic E-state index is -3.80. The first kappa shape index (κ1) is 16.2. The number of fused-ring (bicyclic) bond motifs is 1. The summed E-state index contributed by atoms with van der Waals surface area (Å²) >= 11 is 0. The minimum absolute atomic E-state index is 0.0945. The van der Waals surface area contributed by atoms with E-state index in [0.717, 1.165) is 5.56 Å². The molecule has 0 aliphatic carbocycles. The number of hydrogen-bond donors (Lipinski definition) is 2. The van der Waals surface area contributed by atoms with Gasteiger partial charge in [-0.25, -0.2) is 12.7 Å². The van der Waals surface area contributed by atoms with Crippen LogP contribution in [0.5, 0.6) is 0 Å². The van der Waals surface area contributed by atoms with E-state index in [1.165, 1.54) is 19.2 Å². The predicted octanol–water partition coefficient (Wildman–Crippen LogP) is 0.364. The molecule has 0 bridgehead atoms. The van der Waals surface area contributed by atoms with Crippen LogP contribution in [-0.2, 0) is 21.4 Å². The zero-order valence-electron chi connectivity index (χ0n) is 11.9. The highest BCUT2D eigenvalue weighted by Crippen LogP contribution is 2.31. The van der Waals surface area contributed by atoms with Gasteiger partial charge in [-0.05, 0) is 17.2 Å². The number of nitrogens with one attached hydrogen (secondary N) is 1. The van der Waals surface area contributed by atoms with E-state index in [1.807, 2.05) is 0 Å². The largest absolute Gasteiger partial charge is 0.376 e. The molecular formula is C12H16N4O5S. The van der Waals surface area contributed by atoms with Gasteiger partial charge in [-0.2, -0.15) is 0 Å². The second kappa shape index (κ2) is 5.89. The van der Waals surface area contributed by atoms with Crippen molar-refractivity contribution in [3.8, 4) is 0 Å². The van der Waals surface area contributed by atoms with E-state index in [-0.39, 0.29) is 24.7 Å². The van der Waals surface area contributed by atoms with E-state index in [2.05, 4.69) is 0 Å². The van der Waals surface area contributed by atoms with Crippen molar-refractivity contribution in [2.75, 3.05) is 19.4 Å². The van der Waals surface area contributed by atoms with Crippen molar-refractivity contribution in [2.24, 2.45) is 5.73 Å². The molecule has 1 aromatic rings.